The molecular formula is C24H26FNO4. The maximum absolute atomic E-state index is 14.1. The number of carbonyl (C=O) groups excluding carboxylic acids is 1. The first kappa shape index (κ1) is 20.4. The number of benzene rings is 2. The van der Waals surface area contributed by atoms with Crippen LogP contribution < -0.4 is 4.74 Å². The minimum Gasteiger partial charge on any atom is -0.461 e. The molecule has 0 radical (unpaired) electrons. The van der Waals surface area contributed by atoms with Crippen molar-refractivity contribution in [2.24, 2.45) is 28.3 Å². The Bertz CT molecular complexity index is 924. The fraction of sp³-hybridized carbons (Fsp3) is 0.417. The van der Waals surface area contributed by atoms with Crippen molar-refractivity contribution in [1.82, 2.24) is 0 Å². The van der Waals surface area contributed by atoms with E-state index in [9.17, 15) is 9.18 Å². The Balaban J connectivity index is 1.31. The predicted molar refractivity (Wildman–Crippen MR) is 111 cm³/mol. The minimum atomic E-state index is -0.472. The first-order valence-corrected chi connectivity index (χ1v) is 10.3. The Morgan fingerprint density at radius 1 is 1.20 bits per heavy atom. The number of hydrogen-bond acceptors (Lipinski definition) is 5. The maximum atomic E-state index is 14.1. The number of nitrogens with zero attached hydrogens (tertiary/aromatic N) is 1. The van der Waals surface area contributed by atoms with Crippen molar-refractivity contribution in [2.45, 2.75) is 33.3 Å². The summed E-state index contributed by atoms with van der Waals surface area (Å²) in [5, 5.41) is 4.03. The van der Waals surface area contributed by atoms with E-state index in [4.69, 9.17) is 14.3 Å². The number of hydrogen-bond donors (Lipinski definition) is 0. The van der Waals surface area contributed by atoms with Crippen LogP contribution in [0.25, 0.3) is 0 Å². The largest absolute Gasteiger partial charge is 0.461 e. The van der Waals surface area contributed by atoms with E-state index in [0.717, 1.165) is 0 Å². The predicted octanol–water partition coefficient (Wildman–Crippen LogP) is 5.35. The summed E-state index contributed by atoms with van der Waals surface area (Å²) in [4.78, 5) is 17.9. The lowest BCUT2D eigenvalue weighted by Gasteiger charge is -2.10. The van der Waals surface area contributed by atoms with Crippen LogP contribution in [-0.4, -0.2) is 18.8 Å². The molecule has 0 N–H and O–H groups in total. The monoisotopic (exact) mass is 411 g/mol. The van der Waals surface area contributed by atoms with Crippen molar-refractivity contribution in [2.75, 3.05) is 6.61 Å². The van der Waals surface area contributed by atoms with Gasteiger partial charge in [-0.1, -0.05) is 43.3 Å². The molecule has 6 heteroatoms. The van der Waals surface area contributed by atoms with Gasteiger partial charge in [0.05, 0.1) is 5.92 Å². The lowest BCUT2D eigenvalue weighted by molar-refractivity contribution is -0.147. The van der Waals surface area contributed by atoms with Gasteiger partial charge in [-0.15, -0.1) is 0 Å². The standard InChI is InChI=1S/C24H26FNO4/c1-24(2)19(13-26-29-15-16-8-9-16)22(24)23(27)28-14-17-10-11-20(25)21(12-17)30-18-6-4-3-5-7-18/h3-7,10-13,16,19,22H,8-9,14-15H2,1-2H3. The zero-order valence-corrected chi connectivity index (χ0v) is 17.2. The quantitative estimate of drug-likeness (QED) is 0.317. The first-order chi connectivity index (χ1) is 14.4. The smallest absolute Gasteiger partial charge is 0.310 e. The lowest BCUT2D eigenvalue weighted by Crippen LogP contribution is -2.11. The van der Waals surface area contributed by atoms with Gasteiger partial charge in [0.1, 0.15) is 19.0 Å². The summed E-state index contributed by atoms with van der Waals surface area (Å²) in [6, 6.07) is 13.4. The molecule has 5 nitrogen and oxygen atoms in total. The molecule has 2 atom stereocenters. The molecule has 0 saturated heterocycles. The van der Waals surface area contributed by atoms with Crippen molar-refractivity contribution in [1.29, 1.82) is 0 Å². The summed E-state index contributed by atoms with van der Waals surface area (Å²) < 4.78 is 25.2. The average molecular weight is 411 g/mol. The molecule has 2 aromatic carbocycles. The Labute approximate surface area is 175 Å². The van der Waals surface area contributed by atoms with Crippen LogP contribution in [-0.2, 0) is 21.0 Å². The van der Waals surface area contributed by atoms with Gasteiger partial charge < -0.3 is 14.3 Å². The normalized spacial score (nSPS) is 22.0. The molecule has 2 aliphatic rings. The van der Waals surface area contributed by atoms with E-state index >= 15 is 0 Å². The van der Waals surface area contributed by atoms with Gasteiger partial charge in [-0.3, -0.25) is 4.79 Å². The number of ether oxygens (including phenoxy) is 2. The number of oxime groups is 1. The Kier molecular flexibility index (Phi) is 5.75. The molecule has 0 aromatic heterocycles. The van der Waals surface area contributed by atoms with E-state index in [1.807, 2.05) is 32.0 Å². The third kappa shape index (κ3) is 4.81. The molecule has 2 unspecified atom stereocenters. The second-order valence-corrected chi connectivity index (χ2v) is 8.61. The van der Waals surface area contributed by atoms with Gasteiger partial charge in [-0.25, -0.2) is 4.39 Å². The summed E-state index contributed by atoms with van der Waals surface area (Å²) in [6.45, 7) is 4.73. The van der Waals surface area contributed by atoms with Crippen LogP contribution >= 0.6 is 0 Å². The zero-order chi connectivity index (χ0) is 21.1. The maximum Gasteiger partial charge on any atom is 0.310 e. The molecule has 0 spiro atoms. The average Bonchev–Trinajstić information content (AvgIpc) is 3.63. The van der Waals surface area contributed by atoms with E-state index in [0.29, 0.717) is 23.8 Å². The molecule has 0 amide bonds. The van der Waals surface area contributed by atoms with Gasteiger partial charge in [-0.2, -0.15) is 0 Å². The highest BCUT2D eigenvalue weighted by Gasteiger charge is 2.62. The van der Waals surface area contributed by atoms with Crippen LogP contribution in [0.5, 0.6) is 11.5 Å². The SMILES string of the molecule is CC1(C)C(C=NOCC2CC2)C1C(=O)OCc1ccc(F)c(Oc2ccccc2)c1. The lowest BCUT2D eigenvalue weighted by atomic mass is 10.1. The molecular weight excluding hydrogens is 385 g/mol. The van der Waals surface area contributed by atoms with E-state index in [-0.39, 0.29) is 35.6 Å². The van der Waals surface area contributed by atoms with Crippen LogP contribution in [0.4, 0.5) is 4.39 Å². The molecule has 2 aliphatic carbocycles. The van der Waals surface area contributed by atoms with Crippen molar-refractivity contribution in [3.8, 4) is 11.5 Å². The molecule has 158 valence electrons. The molecule has 0 bridgehead atoms. The summed E-state index contributed by atoms with van der Waals surface area (Å²) in [7, 11) is 0. The number of halogens is 1. The topological polar surface area (TPSA) is 57.1 Å². The summed E-state index contributed by atoms with van der Waals surface area (Å²) in [5.74, 6) is 0.256. The highest BCUT2D eigenvalue weighted by atomic mass is 19.1. The number of carbonyl (C=O) groups is 1. The van der Waals surface area contributed by atoms with Crippen LogP contribution in [0, 0.1) is 29.0 Å². The van der Waals surface area contributed by atoms with Gasteiger partial charge >= 0.3 is 5.97 Å². The van der Waals surface area contributed by atoms with Gasteiger partial charge in [0.2, 0.25) is 0 Å². The van der Waals surface area contributed by atoms with Crippen LogP contribution in [0.3, 0.4) is 0 Å². The second kappa shape index (κ2) is 8.46. The number of para-hydroxylation sites is 1. The Hall–Kier alpha value is -2.89. The summed E-state index contributed by atoms with van der Waals surface area (Å²) >= 11 is 0. The molecule has 30 heavy (non-hydrogen) atoms. The van der Waals surface area contributed by atoms with E-state index in [1.54, 1.807) is 30.5 Å². The Morgan fingerprint density at radius 2 is 1.97 bits per heavy atom. The zero-order valence-electron chi connectivity index (χ0n) is 17.2. The van der Waals surface area contributed by atoms with E-state index in [2.05, 4.69) is 5.16 Å². The summed E-state index contributed by atoms with van der Waals surface area (Å²) in [5.41, 5.74) is 0.445. The second-order valence-electron chi connectivity index (χ2n) is 8.61. The number of esters is 1. The molecule has 0 aliphatic heterocycles. The molecule has 2 aromatic rings. The van der Waals surface area contributed by atoms with Crippen LogP contribution in [0.15, 0.2) is 53.7 Å². The highest BCUT2D eigenvalue weighted by molar-refractivity contribution is 5.85. The molecule has 2 saturated carbocycles. The third-order valence-electron chi connectivity index (χ3n) is 5.82. The molecule has 4 rings (SSSR count). The molecule has 0 heterocycles. The highest BCUT2D eigenvalue weighted by Crippen LogP contribution is 2.57. The van der Waals surface area contributed by atoms with Crippen molar-refractivity contribution < 1.29 is 23.5 Å². The minimum absolute atomic E-state index is 0.00519. The number of rotatable bonds is 9. The summed E-state index contributed by atoms with van der Waals surface area (Å²) in [6.07, 6.45) is 4.14. The van der Waals surface area contributed by atoms with Crippen molar-refractivity contribution in [3.05, 3.63) is 59.9 Å². The van der Waals surface area contributed by atoms with Crippen molar-refractivity contribution in [3.63, 3.8) is 0 Å². The fourth-order valence-corrected chi connectivity index (χ4v) is 3.52. The molecule has 2 fully saturated rings. The van der Waals surface area contributed by atoms with Crippen LogP contribution in [0.2, 0.25) is 0 Å². The van der Waals surface area contributed by atoms with Crippen molar-refractivity contribution >= 4 is 12.2 Å². The van der Waals surface area contributed by atoms with Gasteiger partial charge in [-0.05, 0) is 54.0 Å². The van der Waals surface area contributed by atoms with E-state index in [1.165, 1.54) is 18.9 Å². The van der Waals surface area contributed by atoms with Gasteiger partial charge in [0.15, 0.2) is 11.6 Å². The third-order valence-corrected chi connectivity index (χ3v) is 5.82. The van der Waals surface area contributed by atoms with Gasteiger partial charge in [0.25, 0.3) is 0 Å². The van der Waals surface area contributed by atoms with Gasteiger partial charge in [0, 0.05) is 12.1 Å². The fourth-order valence-electron chi connectivity index (χ4n) is 3.52. The first-order valence-electron chi connectivity index (χ1n) is 10.3. The Morgan fingerprint density at radius 3 is 2.70 bits per heavy atom. The van der Waals surface area contributed by atoms with Crippen LogP contribution in [0.1, 0.15) is 32.3 Å². The van der Waals surface area contributed by atoms with E-state index < -0.39 is 5.82 Å².